The van der Waals surface area contributed by atoms with E-state index in [4.69, 9.17) is 4.84 Å². The average molecular weight is 333 g/mol. The smallest absolute Gasteiger partial charge is 0.356 e. The maximum Gasteiger partial charge on any atom is 0.420 e. The number of rotatable bonds is 3. The average Bonchev–Trinajstić information content (AvgIpc) is 2.46. The Kier molecular flexibility index (Phi) is 4.63. The Balaban J connectivity index is 2.11. The van der Waals surface area contributed by atoms with Gasteiger partial charge in [0.15, 0.2) is 5.75 Å². The summed E-state index contributed by atoms with van der Waals surface area (Å²) in [6.07, 6.45) is -8.04. The van der Waals surface area contributed by atoms with Gasteiger partial charge in [-0.25, -0.2) is 0 Å². The van der Waals surface area contributed by atoms with Crippen molar-refractivity contribution in [1.29, 1.82) is 0 Å². The molecule has 0 unspecified atom stereocenters. The van der Waals surface area contributed by atoms with E-state index in [0.717, 1.165) is 42.6 Å². The van der Waals surface area contributed by atoms with Gasteiger partial charge in [-0.3, -0.25) is 0 Å². The van der Waals surface area contributed by atoms with Crippen molar-refractivity contribution in [2.75, 3.05) is 0 Å². The molecule has 23 heavy (non-hydrogen) atoms. The van der Waals surface area contributed by atoms with Crippen LogP contribution in [0.3, 0.4) is 0 Å². The molecule has 0 fully saturated rings. The molecular formula is C15H9F6NO. The largest absolute Gasteiger partial charge is 0.420 e. The van der Waals surface area contributed by atoms with Crippen LogP contribution in [0.25, 0.3) is 0 Å². The van der Waals surface area contributed by atoms with Gasteiger partial charge >= 0.3 is 12.4 Å². The van der Waals surface area contributed by atoms with Crippen LogP contribution in [-0.4, -0.2) is 6.21 Å². The Morgan fingerprint density at radius 2 is 1.39 bits per heavy atom. The highest BCUT2D eigenvalue weighted by Gasteiger charge is 2.34. The summed E-state index contributed by atoms with van der Waals surface area (Å²) in [6.45, 7) is 0. The lowest BCUT2D eigenvalue weighted by Crippen LogP contribution is -2.07. The zero-order chi connectivity index (χ0) is 17.1. The van der Waals surface area contributed by atoms with E-state index in [0.29, 0.717) is 0 Å². The lowest BCUT2D eigenvalue weighted by Gasteiger charge is -2.09. The molecule has 0 spiro atoms. The highest BCUT2D eigenvalue weighted by atomic mass is 19.4. The second-order valence-corrected chi connectivity index (χ2v) is 4.44. The molecule has 0 aliphatic carbocycles. The minimum absolute atomic E-state index is 0.252. The van der Waals surface area contributed by atoms with Crippen molar-refractivity contribution in [2.45, 2.75) is 12.4 Å². The molecular weight excluding hydrogens is 324 g/mol. The number of alkyl halides is 6. The highest BCUT2D eigenvalue weighted by Crippen LogP contribution is 2.36. The van der Waals surface area contributed by atoms with E-state index in [1.807, 2.05) is 0 Å². The molecule has 8 heteroatoms. The Morgan fingerprint density at radius 3 is 1.96 bits per heavy atom. The fourth-order valence-electron chi connectivity index (χ4n) is 1.68. The van der Waals surface area contributed by atoms with E-state index in [-0.39, 0.29) is 5.56 Å². The normalized spacial score (nSPS) is 12.6. The van der Waals surface area contributed by atoms with Gasteiger partial charge in [0.25, 0.3) is 0 Å². The second kappa shape index (κ2) is 6.31. The van der Waals surface area contributed by atoms with Crippen LogP contribution in [0.4, 0.5) is 26.3 Å². The third-order valence-corrected chi connectivity index (χ3v) is 2.78. The van der Waals surface area contributed by atoms with Crippen molar-refractivity contribution < 1.29 is 31.2 Å². The first-order valence-electron chi connectivity index (χ1n) is 6.22. The molecule has 0 N–H and O–H groups in total. The zero-order valence-electron chi connectivity index (χ0n) is 11.3. The standard InChI is InChI=1S/C15H9F6NO/c16-14(17,18)11-7-5-10(6-8-11)9-22-23-13-4-2-1-3-12(13)15(19,20)21/h1-9H/b22-9+. The summed E-state index contributed by atoms with van der Waals surface area (Å²) >= 11 is 0. The topological polar surface area (TPSA) is 21.6 Å². The second-order valence-electron chi connectivity index (χ2n) is 4.44. The molecule has 0 saturated heterocycles. The molecule has 2 aromatic rings. The zero-order valence-corrected chi connectivity index (χ0v) is 11.3. The minimum Gasteiger partial charge on any atom is -0.356 e. The molecule has 2 nitrogen and oxygen atoms in total. The molecule has 0 saturated carbocycles. The maximum absolute atomic E-state index is 12.7. The first-order chi connectivity index (χ1) is 10.7. The Hall–Kier alpha value is -2.51. The lowest BCUT2D eigenvalue weighted by atomic mass is 10.1. The van der Waals surface area contributed by atoms with Crippen molar-refractivity contribution in [3.63, 3.8) is 0 Å². The molecule has 0 aliphatic rings. The molecule has 0 aliphatic heterocycles. The lowest BCUT2D eigenvalue weighted by molar-refractivity contribution is -0.139. The molecule has 122 valence electrons. The van der Waals surface area contributed by atoms with Crippen molar-refractivity contribution in [2.24, 2.45) is 5.16 Å². The summed E-state index contributed by atoms with van der Waals surface area (Å²) in [6, 6.07) is 8.41. The van der Waals surface area contributed by atoms with E-state index in [9.17, 15) is 26.3 Å². The number of hydrogen-bond donors (Lipinski definition) is 0. The predicted molar refractivity (Wildman–Crippen MR) is 71.1 cm³/mol. The molecule has 2 rings (SSSR count). The quantitative estimate of drug-likeness (QED) is 0.433. The van der Waals surface area contributed by atoms with Gasteiger partial charge in [0.05, 0.1) is 11.8 Å². The number of halogens is 6. The Morgan fingerprint density at radius 1 is 0.783 bits per heavy atom. The summed E-state index contributed by atoms with van der Waals surface area (Å²) in [5, 5.41) is 3.37. The van der Waals surface area contributed by atoms with Crippen LogP contribution >= 0.6 is 0 Å². The first-order valence-corrected chi connectivity index (χ1v) is 6.22. The van der Waals surface area contributed by atoms with Gasteiger partial charge in [0.2, 0.25) is 0 Å². The van der Waals surface area contributed by atoms with Gasteiger partial charge in [-0.15, -0.1) is 0 Å². The molecule has 0 heterocycles. The Labute approximate surface area is 127 Å². The van der Waals surface area contributed by atoms with E-state index in [2.05, 4.69) is 5.16 Å². The number of oxime groups is 1. The summed E-state index contributed by atoms with van der Waals surface area (Å²) in [5.74, 6) is -0.497. The molecule has 0 radical (unpaired) electrons. The Bertz CT molecular complexity index is 688. The van der Waals surface area contributed by atoms with Crippen LogP contribution in [0, 0.1) is 0 Å². The fraction of sp³-hybridized carbons (Fsp3) is 0.133. The van der Waals surface area contributed by atoms with Crippen molar-refractivity contribution in [3.8, 4) is 5.75 Å². The van der Waals surface area contributed by atoms with Gasteiger partial charge in [-0.2, -0.15) is 26.3 Å². The van der Waals surface area contributed by atoms with Gasteiger partial charge in [-0.05, 0) is 29.8 Å². The van der Waals surface area contributed by atoms with Crippen LogP contribution < -0.4 is 4.84 Å². The number of hydrogen-bond acceptors (Lipinski definition) is 2. The summed E-state index contributed by atoms with van der Waals surface area (Å²) in [5.41, 5.74) is -1.58. The van der Waals surface area contributed by atoms with Crippen molar-refractivity contribution in [1.82, 2.24) is 0 Å². The van der Waals surface area contributed by atoms with Crippen LogP contribution in [0.15, 0.2) is 53.7 Å². The molecule has 0 bridgehead atoms. The first kappa shape index (κ1) is 16.9. The van der Waals surface area contributed by atoms with E-state index in [1.165, 1.54) is 12.1 Å². The van der Waals surface area contributed by atoms with Gasteiger partial charge < -0.3 is 4.84 Å². The summed E-state index contributed by atoms with van der Waals surface area (Å²) < 4.78 is 75.3. The minimum atomic E-state index is -4.60. The number of para-hydroxylation sites is 1. The summed E-state index contributed by atoms with van der Waals surface area (Å²) in [7, 11) is 0. The van der Waals surface area contributed by atoms with Gasteiger partial charge in [0, 0.05) is 0 Å². The van der Waals surface area contributed by atoms with Crippen LogP contribution in [0.2, 0.25) is 0 Å². The number of benzene rings is 2. The van der Waals surface area contributed by atoms with E-state index >= 15 is 0 Å². The van der Waals surface area contributed by atoms with Gasteiger partial charge in [-0.1, -0.05) is 29.4 Å². The molecule has 0 aromatic heterocycles. The van der Waals surface area contributed by atoms with Gasteiger partial charge in [0.1, 0.15) is 5.56 Å². The van der Waals surface area contributed by atoms with E-state index < -0.39 is 29.2 Å². The van der Waals surface area contributed by atoms with Crippen molar-refractivity contribution >= 4 is 6.21 Å². The predicted octanol–water partition coefficient (Wildman–Crippen LogP) is 5.14. The number of nitrogens with zero attached hydrogens (tertiary/aromatic N) is 1. The van der Waals surface area contributed by atoms with E-state index in [1.54, 1.807) is 0 Å². The van der Waals surface area contributed by atoms with Crippen molar-refractivity contribution in [3.05, 3.63) is 65.2 Å². The van der Waals surface area contributed by atoms with Crippen LogP contribution in [-0.2, 0) is 12.4 Å². The van der Waals surface area contributed by atoms with Crippen LogP contribution in [0.5, 0.6) is 5.75 Å². The summed E-state index contributed by atoms with van der Waals surface area (Å²) in [4.78, 5) is 4.69. The molecule has 2 aromatic carbocycles. The third kappa shape index (κ3) is 4.48. The fourth-order valence-corrected chi connectivity index (χ4v) is 1.68. The third-order valence-electron chi connectivity index (χ3n) is 2.78. The van der Waals surface area contributed by atoms with Crippen LogP contribution in [0.1, 0.15) is 16.7 Å². The maximum atomic E-state index is 12.7. The molecule has 0 amide bonds. The molecule has 0 atom stereocenters. The monoisotopic (exact) mass is 333 g/mol. The highest BCUT2D eigenvalue weighted by molar-refractivity contribution is 5.79. The SMILES string of the molecule is FC(F)(F)c1ccc(/C=N/Oc2ccccc2C(F)(F)F)cc1.